The molecule has 0 radical (unpaired) electrons. The molecule has 1 aromatic heterocycles. The van der Waals surface area contributed by atoms with Gasteiger partial charge in [0.15, 0.2) is 11.5 Å². The van der Waals surface area contributed by atoms with Crippen molar-refractivity contribution in [2.45, 2.75) is 26.3 Å². The number of ketones is 1. The Kier molecular flexibility index (Phi) is 4.57. The number of amides is 1. The predicted octanol–water partition coefficient (Wildman–Crippen LogP) is 3.33. The lowest BCUT2D eigenvalue weighted by Gasteiger charge is -2.11. The van der Waals surface area contributed by atoms with Gasteiger partial charge in [-0.1, -0.05) is 0 Å². The zero-order valence-corrected chi connectivity index (χ0v) is 13.2. The molecule has 5 heteroatoms. The summed E-state index contributed by atoms with van der Waals surface area (Å²) in [5, 5.41) is 2.77. The van der Waals surface area contributed by atoms with Crippen molar-refractivity contribution in [3.05, 3.63) is 53.5 Å². The molecule has 1 amide bonds. The van der Waals surface area contributed by atoms with E-state index in [0.717, 1.165) is 25.4 Å². The van der Waals surface area contributed by atoms with Crippen LogP contribution in [0.25, 0.3) is 0 Å². The highest BCUT2D eigenvalue weighted by Gasteiger charge is 2.16. The Labute approximate surface area is 135 Å². The van der Waals surface area contributed by atoms with Crippen LogP contribution < -0.4 is 5.32 Å². The molecule has 120 valence electrons. The van der Waals surface area contributed by atoms with E-state index in [1.165, 1.54) is 19.8 Å². The van der Waals surface area contributed by atoms with Crippen molar-refractivity contribution in [1.82, 2.24) is 4.90 Å². The molecule has 0 atom stereocenters. The van der Waals surface area contributed by atoms with Gasteiger partial charge >= 0.3 is 0 Å². The molecule has 1 aromatic carbocycles. The van der Waals surface area contributed by atoms with Gasteiger partial charge in [-0.2, -0.15) is 0 Å². The summed E-state index contributed by atoms with van der Waals surface area (Å²) in [5.74, 6) is 0.826. The Morgan fingerprint density at radius 3 is 2.43 bits per heavy atom. The maximum Gasteiger partial charge on any atom is 0.291 e. The molecule has 2 heterocycles. The van der Waals surface area contributed by atoms with Crippen molar-refractivity contribution in [1.29, 1.82) is 0 Å². The van der Waals surface area contributed by atoms with Crippen molar-refractivity contribution in [2.75, 3.05) is 18.4 Å². The van der Waals surface area contributed by atoms with Crippen LogP contribution in [0.1, 0.15) is 46.4 Å². The minimum atomic E-state index is -0.284. The van der Waals surface area contributed by atoms with Crippen molar-refractivity contribution in [2.24, 2.45) is 0 Å². The molecule has 1 aliphatic rings. The van der Waals surface area contributed by atoms with Crippen LogP contribution in [0, 0.1) is 0 Å². The van der Waals surface area contributed by atoms with Gasteiger partial charge < -0.3 is 9.73 Å². The SMILES string of the molecule is CC(=O)c1ccc(NC(=O)c2ccc(CN3CCCC3)o2)cc1. The highest BCUT2D eigenvalue weighted by atomic mass is 16.4. The lowest BCUT2D eigenvalue weighted by Crippen LogP contribution is -2.18. The van der Waals surface area contributed by atoms with E-state index in [2.05, 4.69) is 10.2 Å². The number of carbonyl (C=O) groups excluding carboxylic acids is 2. The topological polar surface area (TPSA) is 62.6 Å². The third kappa shape index (κ3) is 3.87. The van der Waals surface area contributed by atoms with Crippen LogP contribution in [0.2, 0.25) is 0 Å². The molecular formula is C18H20N2O3. The fourth-order valence-corrected chi connectivity index (χ4v) is 2.73. The zero-order valence-electron chi connectivity index (χ0n) is 13.2. The summed E-state index contributed by atoms with van der Waals surface area (Å²) in [6.07, 6.45) is 2.45. The van der Waals surface area contributed by atoms with E-state index in [4.69, 9.17) is 4.42 Å². The Bertz CT molecular complexity index is 697. The van der Waals surface area contributed by atoms with E-state index in [1.54, 1.807) is 30.3 Å². The van der Waals surface area contributed by atoms with E-state index < -0.39 is 0 Å². The van der Waals surface area contributed by atoms with Gasteiger partial charge in [-0.05, 0) is 69.3 Å². The normalized spacial score (nSPS) is 14.8. The number of rotatable bonds is 5. The van der Waals surface area contributed by atoms with E-state index in [-0.39, 0.29) is 11.7 Å². The van der Waals surface area contributed by atoms with Crippen molar-refractivity contribution in [3.8, 4) is 0 Å². The maximum absolute atomic E-state index is 12.2. The van der Waals surface area contributed by atoms with Crippen LogP contribution in [0.5, 0.6) is 0 Å². The number of likely N-dealkylation sites (tertiary alicyclic amines) is 1. The number of nitrogens with one attached hydrogen (secondary N) is 1. The molecule has 0 unspecified atom stereocenters. The number of Topliss-reactive ketones (excluding diaryl/α,β-unsaturated/α-hetero) is 1. The van der Waals surface area contributed by atoms with Crippen molar-refractivity contribution >= 4 is 17.4 Å². The summed E-state index contributed by atoms with van der Waals surface area (Å²) in [4.78, 5) is 25.8. The third-order valence-electron chi connectivity index (χ3n) is 4.01. The second kappa shape index (κ2) is 6.79. The van der Waals surface area contributed by atoms with E-state index >= 15 is 0 Å². The van der Waals surface area contributed by atoms with Gasteiger partial charge in [0.25, 0.3) is 5.91 Å². The van der Waals surface area contributed by atoms with Crippen molar-refractivity contribution in [3.63, 3.8) is 0 Å². The molecule has 0 bridgehead atoms. The number of hydrogen-bond donors (Lipinski definition) is 1. The molecule has 1 N–H and O–H groups in total. The Hall–Kier alpha value is -2.40. The van der Waals surface area contributed by atoms with Crippen LogP contribution in [-0.2, 0) is 6.54 Å². The van der Waals surface area contributed by atoms with Gasteiger partial charge in [-0.15, -0.1) is 0 Å². The minimum absolute atomic E-state index is 0.000431. The molecule has 1 fully saturated rings. The van der Waals surface area contributed by atoms with Crippen LogP contribution in [-0.4, -0.2) is 29.7 Å². The fraction of sp³-hybridized carbons (Fsp3) is 0.333. The predicted molar refractivity (Wildman–Crippen MR) is 87.6 cm³/mol. The second-order valence-corrected chi connectivity index (χ2v) is 5.84. The zero-order chi connectivity index (χ0) is 16.2. The van der Waals surface area contributed by atoms with Gasteiger partial charge in [0.2, 0.25) is 0 Å². The van der Waals surface area contributed by atoms with Crippen LogP contribution in [0.3, 0.4) is 0 Å². The molecule has 1 saturated heterocycles. The Morgan fingerprint density at radius 1 is 1.09 bits per heavy atom. The lowest BCUT2D eigenvalue weighted by molar-refractivity contribution is 0.0991. The number of anilines is 1. The number of furan rings is 1. The molecule has 1 aliphatic heterocycles. The number of nitrogens with zero attached hydrogens (tertiary/aromatic N) is 1. The van der Waals surface area contributed by atoms with Crippen LogP contribution in [0.4, 0.5) is 5.69 Å². The number of benzene rings is 1. The summed E-state index contributed by atoms with van der Waals surface area (Å²) in [6, 6.07) is 10.4. The van der Waals surface area contributed by atoms with Gasteiger partial charge in [-0.3, -0.25) is 14.5 Å². The third-order valence-corrected chi connectivity index (χ3v) is 4.01. The standard InChI is InChI=1S/C18H20N2O3/c1-13(21)14-4-6-15(7-5-14)19-18(22)17-9-8-16(23-17)12-20-10-2-3-11-20/h4-9H,2-3,10-12H2,1H3,(H,19,22). The lowest BCUT2D eigenvalue weighted by atomic mass is 10.1. The van der Waals surface area contributed by atoms with E-state index in [0.29, 0.717) is 17.0 Å². The van der Waals surface area contributed by atoms with Crippen LogP contribution >= 0.6 is 0 Å². The van der Waals surface area contributed by atoms with Gasteiger partial charge in [0.1, 0.15) is 5.76 Å². The van der Waals surface area contributed by atoms with Gasteiger partial charge in [-0.25, -0.2) is 0 Å². The molecule has 0 spiro atoms. The fourth-order valence-electron chi connectivity index (χ4n) is 2.73. The Balaban J connectivity index is 1.61. The maximum atomic E-state index is 12.2. The van der Waals surface area contributed by atoms with Gasteiger partial charge in [0, 0.05) is 11.3 Å². The Morgan fingerprint density at radius 2 is 1.78 bits per heavy atom. The highest BCUT2D eigenvalue weighted by Crippen LogP contribution is 2.17. The summed E-state index contributed by atoms with van der Waals surface area (Å²) in [6.45, 7) is 4.44. The average molecular weight is 312 g/mol. The molecule has 0 saturated carbocycles. The highest BCUT2D eigenvalue weighted by molar-refractivity contribution is 6.02. The van der Waals surface area contributed by atoms with Crippen molar-refractivity contribution < 1.29 is 14.0 Å². The molecular weight excluding hydrogens is 292 g/mol. The quantitative estimate of drug-likeness (QED) is 0.860. The first-order valence-electron chi connectivity index (χ1n) is 7.85. The summed E-state index contributed by atoms with van der Waals surface area (Å²) >= 11 is 0. The summed E-state index contributed by atoms with van der Waals surface area (Å²) in [5.41, 5.74) is 1.26. The smallest absolute Gasteiger partial charge is 0.291 e. The molecule has 5 nitrogen and oxygen atoms in total. The molecule has 2 aromatic rings. The summed E-state index contributed by atoms with van der Waals surface area (Å²) in [7, 11) is 0. The van der Waals surface area contributed by atoms with E-state index in [9.17, 15) is 9.59 Å². The average Bonchev–Trinajstić information content (AvgIpc) is 3.20. The monoisotopic (exact) mass is 312 g/mol. The van der Waals surface area contributed by atoms with Crippen LogP contribution in [0.15, 0.2) is 40.8 Å². The first-order valence-corrected chi connectivity index (χ1v) is 7.85. The molecule has 0 aliphatic carbocycles. The summed E-state index contributed by atoms with van der Waals surface area (Å²) < 4.78 is 5.63. The first-order chi connectivity index (χ1) is 11.1. The van der Waals surface area contributed by atoms with Gasteiger partial charge in [0.05, 0.1) is 6.54 Å². The van der Waals surface area contributed by atoms with E-state index in [1.807, 2.05) is 6.07 Å². The second-order valence-electron chi connectivity index (χ2n) is 5.84. The molecule has 23 heavy (non-hydrogen) atoms. The number of carbonyl (C=O) groups is 2. The first kappa shape index (κ1) is 15.5. The number of hydrogen-bond acceptors (Lipinski definition) is 4. The minimum Gasteiger partial charge on any atom is -0.455 e. The largest absolute Gasteiger partial charge is 0.455 e. The molecule has 3 rings (SSSR count).